The maximum atomic E-state index is 6.26. The number of piperidine rings is 1. The summed E-state index contributed by atoms with van der Waals surface area (Å²) in [6.07, 6.45) is 3.43. The van der Waals surface area contributed by atoms with Crippen molar-refractivity contribution in [3.05, 3.63) is 40.4 Å². The average Bonchev–Trinajstić information content (AvgIpc) is 2.92. The molecule has 1 aliphatic heterocycles. The molecule has 6 heteroatoms. The fourth-order valence-corrected chi connectivity index (χ4v) is 3.60. The van der Waals surface area contributed by atoms with Crippen LogP contribution in [0.5, 0.6) is 0 Å². The summed E-state index contributed by atoms with van der Waals surface area (Å²) in [5.74, 6) is 1.86. The van der Waals surface area contributed by atoms with Crippen LogP contribution in [0.2, 0.25) is 5.02 Å². The summed E-state index contributed by atoms with van der Waals surface area (Å²) in [6, 6.07) is 6.98. The van der Waals surface area contributed by atoms with Gasteiger partial charge in [0.05, 0.1) is 0 Å². The maximum Gasteiger partial charge on any atom is 0.147 e. The Bertz CT molecular complexity index is 704. The lowest BCUT2D eigenvalue weighted by molar-refractivity contribution is 0.403. The second kappa shape index (κ2) is 8.19. The van der Waals surface area contributed by atoms with Crippen molar-refractivity contribution in [2.45, 2.75) is 52.6 Å². The molecule has 0 bridgehead atoms. The molecule has 1 aromatic heterocycles. The smallest absolute Gasteiger partial charge is 0.147 e. The number of benzene rings is 1. The number of nitrogens with zero attached hydrogens (tertiary/aromatic N) is 4. The number of hydrogen-bond donors (Lipinski definition) is 1. The van der Waals surface area contributed by atoms with E-state index in [-0.39, 0.29) is 0 Å². The molecule has 5 nitrogen and oxygen atoms in total. The normalized spacial score (nSPS) is 15.8. The Balaban J connectivity index is 1.39. The van der Waals surface area contributed by atoms with E-state index in [9.17, 15) is 0 Å². The first kappa shape index (κ1) is 18.2. The van der Waals surface area contributed by atoms with Crippen LogP contribution in [0.4, 0.5) is 5.69 Å². The van der Waals surface area contributed by atoms with Gasteiger partial charge in [0.25, 0.3) is 0 Å². The largest absolute Gasteiger partial charge is 0.371 e. The molecule has 0 saturated carbocycles. The van der Waals surface area contributed by atoms with Gasteiger partial charge in [-0.1, -0.05) is 17.7 Å². The molecule has 0 unspecified atom stereocenters. The van der Waals surface area contributed by atoms with Crippen molar-refractivity contribution in [3.8, 4) is 0 Å². The summed E-state index contributed by atoms with van der Waals surface area (Å²) in [6.45, 7) is 10.1. The van der Waals surface area contributed by atoms with Crippen LogP contribution in [-0.2, 0) is 6.54 Å². The summed E-state index contributed by atoms with van der Waals surface area (Å²) in [7, 11) is 0. The Hall–Kier alpha value is -1.59. The molecular formula is C19H28ClN5. The monoisotopic (exact) mass is 361 g/mol. The molecular weight excluding hydrogens is 334 g/mol. The van der Waals surface area contributed by atoms with E-state index in [4.69, 9.17) is 11.6 Å². The van der Waals surface area contributed by atoms with E-state index in [1.165, 1.54) is 18.5 Å². The van der Waals surface area contributed by atoms with Crippen LogP contribution in [-0.4, -0.2) is 40.4 Å². The molecule has 0 radical (unpaired) electrons. The van der Waals surface area contributed by atoms with Crippen molar-refractivity contribution >= 4 is 17.3 Å². The Morgan fingerprint density at radius 3 is 2.60 bits per heavy atom. The number of halogens is 1. The van der Waals surface area contributed by atoms with E-state index in [0.29, 0.717) is 6.04 Å². The third-order valence-corrected chi connectivity index (χ3v) is 5.37. The van der Waals surface area contributed by atoms with Gasteiger partial charge in [-0.05, 0) is 64.3 Å². The second-order valence-electron chi connectivity index (χ2n) is 6.93. The zero-order valence-corrected chi connectivity index (χ0v) is 16.2. The van der Waals surface area contributed by atoms with Crippen molar-refractivity contribution in [3.63, 3.8) is 0 Å². The summed E-state index contributed by atoms with van der Waals surface area (Å²) in [5, 5.41) is 8.97. The lowest BCUT2D eigenvalue weighted by Gasteiger charge is -2.34. The van der Waals surface area contributed by atoms with E-state index in [1.54, 1.807) is 0 Å². The summed E-state index contributed by atoms with van der Waals surface area (Å²) < 4.78 is 2.00. The summed E-state index contributed by atoms with van der Waals surface area (Å²) in [5.41, 5.74) is 2.38. The fourth-order valence-electron chi connectivity index (χ4n) is 3.43. The number of anilines is 1. The minimum absolute atomic E-state index is 0.607. The molecule has 25 heavy (non-hydrogen) atoms. The molecule has 1 aliphatic rings. The molecule has 1 saturated heterocycles. The zero-order valence-electron chi connectivity index (χ0n) is 15.4. The Morgan fingerprint density at radius 2 is 1.96 bits per heavy atom. The van der Waals surface area contributed by atoms with Crippen LogP contribution < -0.4 is 10.2 Å². The van der Waals surface area contributed by atoms with Gasteiger partial charge in [-0.15, -0.1) is 0 Å². The van der Waals surface area contributed by atoms with E-state index < -0.39 is 0 Å². The van der Waals surface area contributed by atoms with Gasteiger partial charge in [-0.3, -0.25) is 4.68 Å². The molecule has 2 heterocycles. The SMILES string of the molecule is Cc1nc(C)n(CCCNC2CCN(c3ccc(C)c(Cl)c3)CC2)n1. The van der Waals surface area contributed by atoms with E-state index >= 15 is 0 Å². The van der Waals surface area contributed by atoms with Crippen molar-refractivity contribution in [2.75, 3.05) is 24.5 Å². The minimum Gasteiger partial charge on any atom is -0.371 e. The number of rotatable bonds is 6. The Kier molecular flexibility index (Phi) is 5.97. The fraction of sp³-hybridized carbons (Fsp3) is 0.579. The predicted octanol–water partition coefficient (Wildman–Crippen LogP) is 3.51. The van der Waals surface area contributed by atoms with E-state index in [2.05, 4.69) is 38.5 Å². The van der Waals surface area contributed by atoms with Gasteiger partial charge >= 0.3 is 0 Å². The van der Waals surface area contributed by atoms with Gasteiger partial charge in [0.1, 0.15) is 11.6 Å². The van der Waals surface area contributed by atoms with Crippen LogP contribution in [0.25, 0.3) is 0 Å². The molecule has 1 N–H and O–H groups in total. The number of nitrogens with one attached hydrogen (secondary N) is 1. The van der Waals surface area contributed by atoms with Crippen molar-refractivity contribution in [2.24, 2.45) is 0 Å². The van der Waals surface area contributed by atoms with Crippen LogP contribution in [0.15, 0.2) is 18.2 Å². The van der Waals surface area contributed by atoms with E-state index in [1.807, 2.05) is 25.5 Å². The first-order chi connectivity index (χ1) is 12.0. The van der Waals surface area contributed by atoms with Crippen LogP contribution in [0.3, 0.4) is 0 Å². The third-order valence-electron chi connectivity index (χ3n) is 4.96. The zero-order chi connectivity index (χ0) is 17.8. The molecule has 0 spiro atoms. The second-order valence-corrected chi connectivity index (χ2v) is 7.34. The van der Waals surface area contributed by atoms with Gasteiger partial charge in [-0.2, -0.15) is 5.10 Å². The molecule has 3 rings (SSSR count). The first-order valence-corrected chi connectivity index (χ1v) is 9.53. The quantitative estimate of drug-likeness (QED) is 0.800. The van der Waals surface area contributed by atoms with Crippen molar-refractivity contribution < 1.29 is 0 Å². The van der Waals surface area contributed by atoms with Gasteiger partial charge in [-0.25, -0.2) is 4.98 Å². The highest BCUT2D eigenvalue weighted by Crippen LogP contribution is 2.25. The number of aromatic nitrogens is 3. The van der Waals surface area contributed by atoms with E-state index in [0.717, 1.165) is 54.8 Å². The molecule has 0 amide bonds. The topological polar surface area (TPSA) is 46.0 Å². The minimum atomic E-state index is 0.607. The highest BCUT2D eigenvalue weighted by molar-refractivity contribution is 6.31. The van der Waals surface area contributed by atoms with Gasteiger partial charge < -0.3 is 10.2 Å². The molecule has 1 fully saturated rings. The standard InChI is InChI=1S/C19H28ClN5/c1-14-5-6-18(13-19(14)20)24-11-7-17(8-12-24)21-9-4-10-25-16(3)22-15(2)23-25/h5-6,13,17,21H,4,7-12H2,1-3H3. The number of hydrogen-bond acceptors (Lipinski definition) is 4. The highest BCUT2D eigenvalue weighted by atomic mass is 35.5. The average molecular weight is 362 g/mol. The third kappa shape index (κ3) is 4.73. The Labute approximate surface area is 155 Å². The maximum absolute atomic E-state index is 6.26. The van der Waals surface area contributed by atoms with Gasteiger partial charge in [0.15, 0.2) is 0 Å². The van der Waals surface area contributed by atoms with Crippen LogP contribution in [0, 0.1) is 20.8 Å². The van der Waals surface area contributed by atoms with Crippen LogP contribution >= 0.6 is 11.6 Å². The molecule has 1 aromatic carbocycles. The lowest BCUT2D eigenvalue weighted by atomic mass is 10.0. The Morgan fingerprint density at radius 1 is 1.20 bits per heavy atom. The molecule has 2 aromatic rings. The summed E-state index contributed by atoms with van der Waals surface area (Å²) >= 11 is 6.26. The van der Waals surface area contributed by atoms with Crippen molar-refractivity contribution in [1.29, 1.82) is 0 Å². The lowest BCUT2D eigenvalue weighted by Crippen LogP contribution is -2.43. The highest BCUT2D eigenvalue weighted by Gasteiger charge is 2.19. The molecule has 136 valence electrons. The summed E-state index contributed by atoms with van der Waals surface area (Å²) in [4.78, 5) is 6.78. The van der Waals surface area contributed by atoms with Gasteiger partial charge in [0, 0.05) is 36.4 Å². The predicted molar refractivity (Wildman–Crippen MR) is 104 cm³/mol. The molecule has 0 atom stereocenters. The molecule has 0 aliphatic carbocycles. The van der Waals surface area contributed by atoms with Gasteiger partial charge in [0.2, 0.25) is 0 Å². The number of aryl methyl sites for hydroxylation is 4. The first-order valence-electron chi connectivity index (χ1n) is 9.15. The van der Waals surface area contributed by atoms with Crippen molar-refractivity contribution in [1.82, 2.24) is 20.1 Å². The van der Waals surface area contributed by atoms with Crippen LogP contribution in [0.1, 0.15) is 36.5 Å².